The minimum atomic E-state index is 0.0958. The number of Topliss-reactive ketones (excluding diaryl/α,β-unsaturated/α-hetero) is 1. The van der Waals surface area contributed by atoms with Crippen LogP contribution in [0, 0.1) is 0 Å². The Hall–Kier alpha value is -1.42. The number of hydrogen-bond donors (Lipinski definition) is 0. The van der Waals surface area contributed by atoms with Gasteiger partial charge >= 0.3 is 0 Å². The molecule has 4 heteroatoms. The standard InChI is InChI=1S/C12H17NO3/c1-3-11(14)10-5-6-12(13-9-10)16-8-4-7-15-2/h5-6,9H,3-4,7-8H2,1-2H3. The Morgan fingerprint density at radius 2 is 2.19 bits per heavy atom. The number of nitrogens with zero attached hydrogens (tertiary/aromatic N) is 1. The van der Waals surface area contributed by atoms with E-state index in [9.17, 15) is 4.79 Å². The molecule has 1 aromatic heterocycles. The second-order valence-corrected chi connectivity index (χ2v) is 3.36. The van der Waals surface area contributed by atoms with E-state index in [1.807, 2.05) is 6.92 Å². The molecule has 0 fully saturated rings. The van der Waals surface area contributed by atoms with Crippen LogP contribution in [0.15, 0.2) is 18.3 Å². The van der Waals surface area contributed by atoms with Crippen LogP contribution in [0.25, 0.3) is 0 Å². The highest BCUT2D eigenvalue weighted by Crippen LogP contribution is 2.09. The van der Waals surface area contributed by atoms with Gasteiger partial charge in [-0.1, -0.05) is 6.92 Å². The zero-order valence-electron chi connectivity index (χ0n) is 9.73. The van der Waals surface area contributed by atoms with Gasteiger partial charge in [-0.25, -0.2) is 4.98 Å². The Labute approximate surface area is 95.6 Å². The summed E-state index contributed by atoms with van der Waals surface area (Å²) >= 11 is 0. The second kappa shape index (κ2) is 6.95. The smallest absolute Gasteiger partial charge is 0.213 e. The van der Waals surface area contributed by atoms with Gasteiger partial charge in [0.25, 0.3) is 0 Å². The molecule has 0 saturated heterocycles. The zero-order valence-corrected chi connectivity index (χ0v) is 9.73. The molecule has 0 unspecified atom stereocenters. The van der Waals surface area contributed by atoms with Crippen LogP contribution in [0.5, 0.6) is 5.88 Å². The van der Waals surface area contributed by atoms with Crippen LogP contribution >= 0.6 is 0 Å². The molecule has 1 rings (SSSR count). The number of rotatable bonds is 7. The molecule has 0 amide bonds. The Morgan fingerprint density at radius 3 is 2.75 bits per heavy atom. The van der Waals surface area contributed by atoms with Crippen LogP contribution in [0.2, 0.25) is 0 Å². The molecule has 0 radical (unpaired) electrons. The van der Waals surface area contributed by atoms with E-state index in [1.54, 1.807) is 25.4 Å². The summed E-state index contributed by atoms with van der Waals surface area (Å²) in [7, 11) is 1.66. The summed E-state index contributed by atoms with van der Waals surface area (Å²) in [6.07, 6.45) is 2.88. The molecule has 0 saturated carbocycles. The third-order valence-electron chi connectivity index (χ3n) is 2.12. The molecule has 0 spiro atoms. The first-order valence-electron chi connectivity index (χ1n) is 5.39. The fraction of sp³-hybridized carbons (Fsp3) is 0.500. The predicted molar refractivity (Wildman–Crippen MR) is 60.8 cm³/mol. The molecule has 0 N–H and O–H groups in total. The van der Waals surface area contributed by atoms with Crippen molar-refractivity contribution in [1.29, 1.82) is 0 Å². The van der Waals surface area contributed by atoms with Crippen molar-refractivity contribution < 1.29 is 14.3 Å². The van der Waals surface area contributed by atoms with Crippen LogP contribution in [0.3, 0.4) is 0 Å². The van der Waals surface area contributed by atoms with Gasteiger partial charge in [0.05, 0.1) is 6.61 Å². The molecular formula is C12H17NO3. The van der Waals surface area contributed by atoms with Gasteiger partial charge in [-0.2, -0.15) is 0 Å². The van der Waals surface area contributed by atoms with Crippen LogP contribution in [0.1, 0.15) is 30.1 Å². The van der Waals surface area contributed by atoms with Gasteiger partial charge in [-0.05, 0) is 6.07 Å². The fourth-order valence-electron chi connectivity index (χ4n) is 1.21. The molecule has 1 heterocycles. The lowest BCUT2D eigenvalue weighted by molar-refractivity contribution is 0.0987. The highest BCUT2D eigenvalue weighted by Gasteiger charge is 2.03. The average Bonchev–Trinajstić information content (AvgIpc) is 2.34. The van der Waals surface area contributed by atoms with Crippen LogP contribution in [-0.2, 0) is 4.74 Å². The maximum Gasteiger partial charge on any atom is 0.213 e. The van der Waals surface area contributed by atoms with E-state index >= 15 is 0 Å². The Balaban J connectivity index is 2.42. The summed E-state index contributed by atoms with van der Waals surface area (Å²) in [5.41, 5.74) is 0.631. The van der Waals surface area contributed by atoms with Gasteiger partial charge in [0.15, 0.2) is 5.78 Å². The van der Waals surface area contributed by atoms with Crippen LogP contribution < -0.4 is 4.74 Å². The molecular weight excluding hydrogens is 206 g/mol. The topological polar surface area (TPSA) is 48.4 Å². The van der Waals surface area contributed by atoms with E-state index in [0.717, 1.165) is 6.42 Å². The largest absolute Gasteiger partial charge is 0.478 e. The molecule has 0 bridgehead atoms. The fourth-order valence-corrected chi connectivity index (χ4v) is 1.21. The number of ketones is 1. The zero-order chi connectivity index (χ0) is 11.8. The minimum Gasteiger partial charge on any atom is -0.478 e. The van der Waals surface area contributed by atoms with E-state index in [4.69, 9.17) is 9.47 Å². The van der Waals surface area contributed by atoms with Crippen LogP contribution in [0.4, 0.5) is 0 Å². The van der Waals surface area contributed by atoms with Crippen molar-refractivity contribution in [2.24, 2.45) is 0 Å². The summed E-state index contributed by atoms with van der Waals surface area (Å²) in [5, 5.41) is 0. The van der Waals surface area contributed by atoms with Gasteiger partial charge in [0.2, 0.25) is 5.88 Å². The van der Waals surface area contributed by atoms with E-state index < -0.39 is 0 Å². The van der Waals surface area contributed by atoms with Crippen LogP contribution in [-0.4, -0.2) is 31.1 Å². The van der Waals surface area contributed by atoms with Crippen molar-refractivity contribution >= 4 is 5.78 Å². The Morgan fingerprint density at radius 1 is 1.38 bits per heavy atom. The molecule has 0 aliphatic heterocycles. The molecule has 16 heavy (non-hydrogen) atoms. The molecule has 0 aliphatic carbocycles. The predicted octanol–water partition coefficient (Wildman–Crippen LogP) is 2.09. The van der Waals surface area contributed by atoms with Gasteiger partial charge in [0.1, 0.15) is 0 Å². The van der Waals surface area contributed by atoms with Crippen molar-refractivity contribution in [3.8, 4) is 5.88 Å². The lowest BCUT2D eigenvalue weighted by Crippen LogP contribution is -2.03. The summed E-state index contributed by atoms with van der Waals surface area (Å²) < 4.78 is 10.3. The van der Waals surface area contributed by atoms with Gasteiger partial charge in [-0.15, -0.1) is 0 Å². The van der Waals surface area contributed by atoms with E-state index in [1.165, 1.54) is 0 Å². The summed E-state index contributed by atoms with van der Waals surface area (Å²) in [4.78, 5) is 15.4. The molecule has 0 atom stereocenters. The van der Waals surface area contributed by atoms with Crippen molar-refractivity contribution in [3.05, 3.63) is 23.9 Å². The Bertz CT molecular complexity index is 322. The van der Waals surface area contributed by atoms with Crippen molar-refractivity contribution in [1.82, 2.24) is 4.98 Å². The number of ether oxygens (including phenoxy) is 2. The molecule has 4 nitrogen and oxygen atoms in total. The van der Waals surface area contributed by atoms with Gasteiger partial charge in [0, 0.05) is 44.4 Å². The first-order valence-corrected chi connectivity index (χ1v) is 5.39. The van der Waals surface area contributed by atoms with Gasteiger partial charge in [-0.3, -0.25) is 4.79 Å². The number of methoxy groups -OCH3 is 1. The number of aromatic nitrogens is 1. The second-order valence-electron chi connectivity index (χ2n) is 3.36. The number of hydrogen-bond acceptors (Lipinski definition) is 4. The third-order valence-corrected chi connectivity index (χ3v) is 2.12. The van der Waals surface area contributed by atoms with Crippen molar-refractivity contribution in [2.75, 3.05) is 20.3 Å². The summed E-state index contributed by atoms with van der Waals surface area (Å²) in [6, 6.07) is 3.46. The van der Waals surface area contributed by atoms with Gasteiger partial charge < -0.3 is 9.47 Å². The monoisotopic (exact) mass is 223 g/mol. The molecule has 0 aromatic carbocycles. The van der Waals surface area contributed by atoms with E-state index in [2.05, 4.69) is 4.98 Å². The lowest BCUT2D eigenvalue weighted by atomic mass is 10.1. The lowest BCUT2D eigenvalue weighted by Gasteiger charge is -2.05. The molecule has 88 valence electrons. The SMILES string of the molecule is CCC(=O)c1ccc(OCCCOC)nc1. The third kappa shape index (κ3) is 3.98. The minimum absolute atomic E-state index is 0.0958. The summed E-state index contributed by atoms with van der Waals surface area (Å²) in [5.74, 6) is 0.641. The van der Waals surface area contributed by atoms with E-state index in [-0.39, 0.29) is 5.78 Å². The maximum absolute atomic E-state index is 11.3. The van der Waals surface area contributed by atoms with E-state index in [0.29, 0.717) is 31.1 Å². The normalized spacial score (nSPS) is 10.1. The summed E-state index contributed by atoms with van der Waals surface area (Å²) in [6.45, 7) is 3.08. The van der Waals surface area contributed by atoms with Crippen molar-refractivity contribution in [3.63, 3.8) is 0 Å². The first kappa shape index (κ1) is 12.6. The van der Waals surface area contributed by atoms with Crippen molar-refractivity contribution in [2.45, 2.75) is 19.8 Å². The number of pyridine rings is 1. The quantitative estimate of drug-likeness (QED) is 0.524. The Kier molecular flexibility index (Phi) is 5.50. The first-order chi connectivity index (χ1) is 7.77. The maximum atomic E-state index is 11.3. The number of carbonyl (C=O) groups is 1. The molecule has 1 aromatic rings. The number of carbonyl (C=O) groups excluding carboxylic acids is 1. The average molecular weight is 223 g/mol. The highest BCUT2D eigenvalue weighted by molar-refractivity contribution is 5.95. The molecule has 0 aliphatic rings. The highest BCUT2D eigenvalue weighted by atomic mass is 16.5.